The fraction of sp³-hybridized carbons (Fsp3) is 0.250. The van der Waals surface area contributed by atoms with E-state index < -0.39 is 0 Å². The predicted molar refractivity (Wildman–Crippen MR) is 81.3 cm³/mol. The van der Waals surface area contributed by atoms with Crippen molar-refractivity contribution in [1.82, 2.24) is 10.3 Å². The summed E-state index contributed by atoms with van der Waals surface area (Å²) in [5.74, 6) is 0.433. The Hall–Kier alpha value is -2.36. The first-order valence-corrected chi connectivity index (χ1v) is 6.81. The van der Waals surface area contributed by atoms with Gasteiger partial charge in [-0.1, -0.05) is 25.5 Å². The van der Waals surface area contributed by atoms with Crippen LogP contribution in [0, 0.1) is 0 Å². The van der Waals surface area contributed by atoms with Crippen molar-refractivity contribution in [3.05, 3.63) is 48.2 Å². The lowest BCUT2D eigenvalue weighted by atomic mass is 10.0. The number of amides is 1. The Kier molecular flexibility index (Phi) is 4.71. The summed E-state index contributed by atoms with van der Waals surface area (Å²) in [6.07, 6.45) is 3.72. The minimum absolute atomic E-state index is 0.0395. The zero-order valence-electron chi connectivity index (χ0n) is 11.6. The fourth-order valence-electron chi connectivity index (χ4n) is 1.95. The molecule has 1 aromatic carbocycles. The van der Waals surface area contributed by atoms with Crippen LogP contribution in [0.1, 0.15) is 30.1 Å². The first-order valence-electron chi connectivity index (χ1n) is 6.81. The molecule has 1 heterocycles. The molecule has 0 aliphatic heterocycles. The van der Waals surface area contributed by atoms with Crippen molar-refractivity contribution in [2.24, 2.45) is 0 Å². The molecule has 0 aliphatic rings. The summed E-state index contributed by atoms with van der Waals surface area (Å²) in [4.78, 5) is 16.0. The maximum Gasteiger partial charge on any atom is 0.251 e. The van der Waals surface area contributed by atoms with E-state index in [0.29, 0.717) is 17.9 Å². The summed E-state index contributed by atoms with van der Waals surface area (Å²) in [5.41, 5.74) is 8.26. The number of nitrogens with one attached hydrogen (secondary N) is 1. The van der Waals surface area contributed by atoms with Crippen LogP contribution in [0.4, 0.5) is 5.82 Å². The Morgan fingerprint density at radius 3 is 2.80 bits per heavy atom. The van der Waals surface area contributed by atoms with E-state index in [2.05, 4.69) is 17.2 Å². The molecule has 3 N–H and O–H groups in total. The second-order valence-electron chi connectivity index (χ2n) is 4.66. The number of hydrogen-bond donors (Lipinski definition) is 2. The average molecular weight is 269 g/mol. The molecular weight excluding hydrogens is 250 g/mol. The maximum atomic E-state index is 12.0. The quantitative estimate of drug-likeness (QED) is 0.820. The molecular formula is C16H19N3O. The first kappa shape index (κ1) is 14.1. The highest BCUT2D eigenvalue weighted by Gasteiger charge is 2.06. The zero-order valence-corrected chi connectivity index (χ0v) is 11.6. The smallest absolute Gasteiger partial charge is 0.251 e. The third-order valence-corrected chi connectivity index (χ3v) is 3.06. The maximum absolute atomic E-state index is 12.0. The molecule has 104 valence electrons. The molecule has 4 nitrogen and oxygen atoms in total. The van der Waals surface area contributed by atoms with Crippen LogP contribution in [0.15, 0.2) is 42.6 Å². The Morgan fingerprint density at radius 2 is 2.05 bits per heavy atom. The molecule has 1 amide bonds. The lowest BCUT2D eigenvalue weighted by molar-refractivity contribution is 0.0953. The lowest BCUT2D eigenvalue weighted by Gasteiger charge is -2.07. The van der Waals surface area contributed by atoms with Crippen LogP contribution in [-0.2, 0) is 0 Å². The van der Waals surface area contributed by atoms with Gasteiger partial charge in [-0.25, -0.2) is 4.98 Å². The molecule has 0 fully saturated rings. The molecule has 0 saturated carbocycles. The standard InChI is InChI=1S/C16H19N3O/c1-2-3-8-19-16(20)14-6-4-5-12(10-14)13-7-9-18-15(17)11-13/h4-7,9-11H,2-3,8H2,1H3,(H2,17,18)(H,19,20). The number of nitrogens with two attached hydrogens (primary N) is 1. The highest BCUT2D eigenvalue weighted by atomic mass is 16.1. The van der Waals surface area contributed by atoms with Crippen molar-refractivity contribution in [3.8, 4) is 11.1 Å². The molecule has 1 aromatic heterocycles. The summed E-state index contributed by atoms with van der Waals surface area (Å²) in [6.45, 7) is 2.81. The lowest BCUT2D eigenvalue weighted by Crippen LogP contribution is -2.24. The molecule has 0 aliphatic carbocycles. The summed E-state index contributed by atoms with van der Waals surface area (Å²) in [7, 11) is 0. The largest absolute Gasteiger partial charge is 0.384 e. The van der Waals surface area contributed by atoms with Gasteiger partial charge in [-0.3, -0.25) is 4.79 Å². The summed E-state index contributed by atoms with van der Waals surface area (Å²) in [6, 6.07) is 11.2. The molecule has 0 spiro atoms. The summed E-state index contributed by atoms with van der Waals surface area (Å²) in [5, 5.41) is 2.91. The van der Waals surface area contributed by atoms with Gasteiger partial charge in [-0.15, -0.1) is 0 Å². The number of carbonyl (C=O) groups excluding carboxylic acids is 1. The molecule has 0 saturated heterocycles. The van der Waals surface area contributed by atoms with Crippen molar-refractivity contribution < 1.29 is 4.79 Å². The van der Waals surface area contributed by atoms with Crippen LogP contribution in [0.5, 0.6) is 0 Å². The van der Waals surface area contributed by atoms with Gasteiger partial charge in [-0.2, -0.15) is 0 Å². The highest BCUT2D eigenvalue weighted by molar-refractivity contribution is 5.95. The Balaban J connectivity index is 2.17. The van der Waals surface area contributed by atoms with Crippen molar-refractivity contribution in [2.75, 3.05) is 12.3 Å². The second-order valence-corrected chi connectivity index (χ2v) is 4.66. The Bertz CT molecular complexity index is 596. The van der Waals surface area contributed by atoms with Gasteiger partial charge in [0.05, 0.1) is 0 Å². The fourth-order valence-corrected chi connectivity index (χ4v) is 1.95. The molecule has 2 aromatic rings. The van der Waals surface area contributed by atoms with Crippen LogP contribution in [0.3, 0.4) is 0 Å². The van der Waals surface area contributed by atoms with E-state index in [0.717, 1.165) is 24.0 Å². The van der Waals surface area contributed by atoms with E-state index in [1.54, 1.807) is 12.3 Å². The monoisotopic (exact) mass is 269 g/mol. The molecule has 20 heavy (non-hydrogen) atoms. The molecule has 0 radical (unpaired) electrons. The zero-order chi connectivity index (χ0) is 14.4. The number of anilines is 1. The minimum atomic E-state index is -0.0395. The van der Waals surface area contributed by atoms with E-state index in [-0.39, 0.29) is 5.91 Å². The van der Waals surface area contributed by atoms with E-state index in [9.17, 15) is 4.79 Å². The van der Waals surface area contributed by atoms with Crippen molar-refractivity contribution in [2.45, 2.75) is 19.8 Å². The van der Waals surface area contributed by atoms with Crippen molar-refractivity contribution >= 4 is 11.7 Å². The number of rotatable bonds is 5. The van der Waals surface area contributed by atoms with Gasteiger partial charge in [0.2, 0.25) is 0 Å². The number of benzene rings is 1. The third-order valence-electron chi connectivity index (χ3n) is 3.06. The average Bonchev–Trinajstić information content (AvgIpc) is 2.47. The van der Waals surface area contributed by atoms with E-state index in [1.807, 2.05) is 30.3 Å². The minimum Gasteiger partial charge on any atom is -0.384 e. The third kappa shape index (κ3) is 3.57. The SMILES string of the molecule is CCCCNC(=O)c1cccc(-c2ccnc(N)c2)c1. The topological polar surface area (TPSA) is 68.0 Å². The molecule has 0 bridgehead atoms. The van der Waals surface area contributed by atoms with Gasteiger partial charge in [0.1, 0.15) is 5.82 Å². The number of hydrogen-bond acceptors (Lipinski definition) is 3. The van der Waals surface area contributed by atoms with E-state index in [1.165, 1.54) is 0 Å². The van der Waals surface area contributed by atoms with E-state index >= 15 is 0 Å². The Labute approximate surface area is 119 Å². The molecule has 0 atom stereocenters. The molecule has 0 unspecified atom stereocenters. The van der Waals surface area contributed by atoms with Crippen molar-refractivity contribution in [3.63, 3.8) is 0 Å². The number of unbranched alkanes of at least 4 members (excludes halogenated alkanes) is 1. The van der Waals surface area contributed by atoms with Gasteiger partial charge < -0.3 is 11.1 Å². The van der Waals surface area contributed by atoms with Crippen LogP contribution in [0.2, 0.25) is 0 Å². The highest BCUT2D eigenvalue weighted by Crippen LogP contribution is 2.21. The van der Waals surface area contributed by atoms with Crippen LogP contribution in [-0.4, -0.2) is 17.4 Å². The van der Waals surface area contributed by atoms with Crippen LogP contribution < -0.4 is 11.1 Å². The number of nitrogens with zero attached hydrogens (tertiary/aromatic N) is 1. The number of aromatic nitrogens is 1. The summed E-state index contributed by atoms with van der Waals surface area (Å²) >= 11 is 0. The number of carbonyl (C=O) groups is 1. The van der Waals surface area contributed by atoms with E-state index in [4.69, 9.17) is 5.73 Å². The normalized spacial score (nSPS) is 10.2. The first-order chi connectivity index (χ1) is 9.70. The van der Waals surface area contributed by atoms with Gasteiger partial charge >= 0.3 is 0 Å². The number of pyridine rings is 1. The molecule has 4 heteroatoms. The van der Waals surface area contributed by atoms with Crippen molar-refractivity contribution in [1.29, 1.82) is 0 Å². The predicted octanol–water partition coefficient (Wildman–Crippen LogP) is 2.86. The van der Waals surface area contributed by atoms with Gasteiger partial charge in [0.25, 0.3) is 5.91 Å². The van der Waals surface area contributed by atoms with Gasteiger partial charge in [0.15, 0.2) is 0 Å². The molecule has 2 rings (SSSR count). The van der Waals surface area contributed by atoms with Gasteiger partial charge in [0, 0.05) is 18.3 Å². The van der Waals surface area contributed by atoms with Crippen LogP contribution >= 0.6 is 0 Å². The second kappa shape index (κ2) is 6.70. The number of nitrogen functional groups attached to an aromatic ring is 1. The van der Waals surface area contributed by atoms with Crippen LogP contribution in [0.25, 0.3) is 11.1 Å². The Morgan fingerprint density at radius 1 is 1.25 bits per heavy atom. The summed E-state index contributed by atoms with van der Waals surface area (Å²) < 4.78 is 0. The van der Waals surface area contributed by atoms with Gasteiger partial charge in [-0.05, 0) is 41.8 Å².